The third-order valence-corrected chi connectivity index (χ3v) is 7.80. The number of carbonyl (C=O) groups is 1. The lowest BCUT2D eigenvalue weighted by atomic mass is 10.2. The number of amides is 1. The minimum Gasteiger partial charge on any atom is -0.267 e. The Kier molecular flexibility index (Phi) is 6.56. The van der Waals surface area contributed by atoms with Crippen LogP contribution in [0.5, 0.6) is 0 Å². The lowest BCUT2D eigenvalue weighted by Crippen LogP contribution is -2.26. The molecule has 0 unspecified atom stereocenters. The smallest absolute Gasteiger partial charge is 0.267 e. The number of aryl methyl sites for hydroxylation is 1. The Hall–Kier alpha value is -3.47. The van der Waals surface area contributed by atoms with Crippen molar-refractivity contribution in [3.05, 3.63) is 89.2 Å². The molecule has 0 bridgehead atoms. The molecule has 174 valence electrons. The Morgan fingerprint density at radius 2 is 1.71 bits per heavy atom. The Labute approximate surface area is 200 Å². The first-order valence-corrected chi connectivity index (χ1v) is 12.4. The highest BCUT2D eigenvalue weighted by atomic mass is 32.2. The fourth-order valence-corrected chi connectivity index (χ4v) is 5.00. The summed E-state index contributed by atoms with van der Waals surface area (Å²) in [6.45, 7) is 1.97. The molecule has 0 aliphatic rings. The number of hydrogen-bond acceptors (Lipinski definition) is 6. The third kappa shape index (κ3) is 4.89. The number of anilines is 1. The molecular formula is C24H21FN4O3S2. The number of fused-ring (bicyclic) bond motifs is 1. The quantitative estimate of drug-likeness (QED) is 0.287. The van der Waals surface area contributed by atoms with E-state index in [1.165, 1.54) is 73.1 Å². The van der Waals surface area contributed by atoms with Crippen LogP contribution in [0.4, 0.5) is 9.52 Å². The van der Waals surface area contributed by atoms with Crippen molar-refractivity contribution < 1.29 is 17.6 Å². The van der Waals surface area contributed by atoms with Gasteiger partial charge < -0.3 is 0 Å². The highest BCUT2D eigenvalue weighted by molar-refractivity contribution is 7.89. The molecule has 1 amide bonds. The summed E-state index contributed by atoms with van der Waals surface area (Å²) >= 11 is 1.31. The van der Waals surface area contributed by atoms with Gasteiger partial charge in [-0.1, -0.05) is 29.5 Å². The van der Waals surface area contributed by atoms with Gasteiger partial charge in [-0.25, -0.2) is 22.1 Å². The van der Waals surface area contributed by atoms with Crippen molar-refractivity contribution >= 4 is 48.8 Å². The zero-order valence-corrected chi connectivity index (χ0v) is 20.3. The molecule has 10 heteroatoms. The molecule has 0 aliphatic heterocycles. The van der Waals surface area contributed by atoms with E-state index in [2.05, 4.69) is 10.1 Å². The molecule has 4 rings (SSSR count). The van der Waals surface area contributed by atoms with Crippen molar-refractivity contribution in [1.29, 1.82) is 0 Å². The van der Waals surface area contributed by atoms with Crippen LogP contribution in [0.2, 0.25) is 0 Å². The van der Waals surface area contributed by atoms with Gasteiger partial charge in [0, 0.05) is 19.7 Å². The summed E-state index contributed by atoms with van der Waals surface area (Å²) in [5.41, 5.74) is 2.63. The normalized spacial score (nSPS) is 12.0. The van der Waals surface area contributed by atoms with Crippen molar-refractivity contribution in [3.63, 3.8) is 0 Å². The number of halogens is 1. The SMILES string of the molecule is Cc1ccc2nc(N(/N=C/c3ccc(F)cc3)C(=O)c3ccc(S(=O)(=O)N(C)C)cc3)sc2c1. The van der Waals surface area contributed by atoms with Gasteiger partial charge in [-0.2, -0.15) is 10.1 Å². The minimum absolute atomic E-state index is 0.0749. The number of sulfonamides is 1. The molecule has 0 saturated carbocycles. The van der Waals surface area contributed by atoms with E-state index >= 15 is 0 Å². The second-order valence-corrected chi connectivity index (χ2v) is 10.9. The first kappa shape index (κ1) is 23.7. The summed E-state index contributed by atoms with van der Waals surface area (Å²) in [5, 5.41) is 5.87. The summed E-state index contributed by atoms with van der Waals surface area (Å²) in [6.07, 6.45) is 1.44. The van der Waals surface area contributed by atoms with Gasteiger partial charge in [0.15, 0.2) is 0 Å². The number of aromatic nitrogens is 1. The largest absolute Gasteiger partial charge is 0.280 e. The molecule has 0 aliphatic carbocycles. The van der Waals surface area contributed by atoms with Crippen LogP contribution in [0.1, 0.15) is 21.5 Å². The number of benzene rings is 3. The first-order chi connectivity index (χ1) is 16.1. The molecule has 0 radical (unpaired) electrons. The second kappa shape index (κ2) is 9.41. The standard InChI is InChI=1S/C24H21FN4O3S2/c1-16-4-13-21-22(14-16)33-24(27-21)29(26-15-17-5-9-19(25)10-6-17)23(30)18-7-11-20(12-8-18)34(31,32)28(2)3/h4-15H,1-3H3/b26-15+. The summed E-state index contributed by atoms with van der Waals surface area (Å²) in [5.74, 6) is -0.859. The van der Waals surface area contributed by atoms with E-state index in [9.17, 15) is 17.6 Å². The molecule has 0 N–H and O–H groups in total. The van der Waals surface area contributed by atoms with Crippen molar-refractivity contribution in [2.24, 2.45) is 5.10 Å². The maximum Gasteiger partial charge on any atom is 0.280 e. The summed E-state index contributed by atoms with van der Waals surface area (Å²) < 4.78 is 40.0. The highest BCUT2D eigenvalue weighted by Gasteiger charge is 2.23. The molecule has 0 saturated heterocycles. The van der Waals surface area contributed by atoms with Gasteiger partial charge in [0.1, 0.15) is 5.82 Å². The number of carbonyl (C=O) groups excluding carboxylic acids is 1. The lowest BCUT2D eigenvalue weighted by molar-refractivity contribution is 0.0987. The average Bonchev–Trinajstić information content (AvgIpc) is 3.23. The van der Waals surface area contributed by atoms with Crippen LogP contribution in [-0.2, 0) is 10.0 Å². The van der Waals surface area contributed by atoms with Gasteiger partial charge in [-0.05, 0) is 66.6 Å². The second-order valence-electron chi connectivity index (χ2n) is 7.69. The van der Waals surface area contributed by atoms with Crippen molar-refractivity contribution in [1.82, 2.24) is 9.29 Å². The van der Waals surface area contributed by atoms with E-state index in [-0.39, 0.29) is 16.3 Å². The highest BCUT2D eigenvalue weighted by Crippen LogP contribution is 2.31. The number of nitrogens with zero attached hydrogens (tertiary/aromatic N) is 4. The predicted molar refractivity (Wildman–Crippen MR) is 132 cm³/mol. The van der Waals surface area contributed by atoms with Crippen LogP contribution in [0.15, 0.2) is 76.7 Å². The van der Waals surface area contributed by atoms with Crippen molar-refractivity contribution in [2.75, 3.05) is 19.1 Å². The minimum atomic E-state index is -3.63. The zero-order chi connectivity index (χ0) is 24.5. The van der Waals surface area contributed by atoms with E-state index in [1.807, 2.05) is 25.1 Å². The Morgan fingerprint density at radius 1 is 1.03 bits per heavy atom. The number of hydrogen-bond donors (Lipinski definition) is 0. The van der Waals surface area contributed by atoms with Gasteiger partial charge in [0.2, 0.25) is 15.2 Å². The van der Waals surface area contributed by atoms with Gasteiger partial charge in [0.25, 0.3) is 5.91 Å². The predicted octanol–water partition coefficient (Wildman–Crippen LogP) is 4.68. The lowest BCUT2D eigenvalue weighted by Gasteiger charge is -2.15. The van der Waals surface area contributed by atoms with E-state index in [1.54, 1.807) is 12.1 Å². The van der Waals surface area contributed by atoms with Crippen LogP contribution in [0.25, 0.3) is 10.2 Å². The van der Waals surface area contributed by atoms with Gasteiger partial charge >= 0.3 is 0 Å². The summed E-state index contributed by atoms with van der Waals surface area (Å²) in [4.78, 5) is 18.0. The number of rotatable bonds is 6. The van der Waals surface area contributed by atoms with Gasteiger partial charge in [-0.15, -0.1) is 0 Å². The van der Waals surface area contributed by atoms with E-state index < -0.39 is 15.9 Å². The molecule has 0 atom stereocenters. The van der Waals surface area contributed by atoms with Gasteiger partial charge in [-0.3, -0.25) is 4.79 Å². The van der Waals surface area contributed by atoms with Crippen LogP contribution in [0, 0.1) is 12.7 Å². The number of thiazole rings is 1. The molecule has 4 aromatic rings. The van der Waals surface area contributed by atoms with Crippen molar-refractivity contribution in [2.45, 2.75) is 11.8 Å². The van der Waals surface area contributed by atoms with Crippen LogP contribution in [0.3, 0.4) is 0 Å². The number of hydrazone groups is 1. The monoisotopic (exact) mass is 496 g/mol. The summed E-state index contributed by atoms with van der Waals surface area (Å²) in [6, 6.07) is 17.1. The van der Waals surface area contributed by atoms with Crippen LogP contribution >= 0.6 is 11.3 Å². The van der Waals surface area contributed by atoms with Gasteiger partial charge in [0.05, 0.1) is 21.3 Å². The first-order valence-electron chi connectivity index (χ1n) is 10.2. The fourth-order valence-electron chi connectivity index (χ4n) is 3.07. The molecule has 1 aromatic heterocycles. The van der Waals surface area contributed by atoms with Crippen LogP contribution in [-0.4, -0.2) is 43.9 Å². The molecular weight excluding hydrogens is 475 g/mol. The molecule has 7 nitrogen and oxygen atoms in total. The molecule has 0 fully saturated rings. The topological polar surface area (TPSA) is 82.9 Å². The van der Waals surface area contributed by atoms with Crippen LogP contribution < -0.4 is 5.01 Å². The molecule has 1 heterocycles. The third-order valence-electron chi connectivity index (χ3n) is 4.98. The van der Waals surface area contributed by atoms with Crippen molar-refractivity contribution in [3.8, 4) is 0 Å². The fraction of sp³-hybridized carbons (Fsp3) is 0.125. The zero-order valence-electron chi connectivity index (χ0n) is 18.6. The van der Waals surface area contributed by atoms with E-state index in [0.29, 0.717) is 10.7 Å². The molecule has 34 heavy (non-hydrogen) atoms. The molecule has 0 spiro atoms. The average molecular weight is 497 g/mol. The molecule has 3 aromatic carbocycles. The maximum atomic E-state index is 13.4. The maximum absolute atomic E-state index is 13.4. The summed E-state index contributed by atoms with van der Waals surface area (Å²) in [7, 11) is -0.746. The van der Waals surface area contributed by atoms with E-state index in [0.717, 1.165) is 20.1 Å². The Balaban J connectivity index is 1.73. The Morgan fingerprint density at radius 3 is 2.35 bits per heavy atom. The Bertz CT molecular complexity index is 1480. The van der Waals surface area contributed by atoms with E-state index in [4.69, 9.17) is 0 Å².